The van der Waals surface area contributed by atoms with Gasteiger partial charge in [0.15, 0.2) is 17.5 Å². The van der Waals surface area contributed by atoms with Crippen molar-refractivity contribution in [3.63, 3.8) is 0 Å². The maximum absolute atomic E-state index is 5.98. The van der Waals surface area contributed by atoms with Crippen LogP contribution in [0.25, 0.3) is 0 Å². The minimum absolute atomic E-state index is 0.462. The number of methoxy groups -OCH3 is 2. The van der Waals surface area contributed by atoms with Crippen molar-refractivity contribution in [2.75, 3.05) is 53.6 Å². The van der Waals surface area contributed by atoms with Crippen LogP contribution in [0.4, 0.5) is 0 Å². The van der Waals surface area contributed by atoms with Gasteiger partial charge in [-0.15, -0.1) is 0 Å². The summed E-state index contributed by atoms with van der Waals surface area (Å²) < 4.78 is 15.9. The Hall–Kier alpha value is -1.99. The van der Waals surface area contributed by atoms with Crippen molar-refractivity contribution < 1.29 is 14.2 Å². The smallest absolute Gasteiger partial charge is 0.188 e. The van der Waals surface area contributed by atoms with E-state index < -0.39 is 0 Å². The molecule has 2 rings (SSSR count). The third-order valence-electron chi connectivity index (χ3n) is 4.19. The summed E-state index contributed by atoms with van der Waals surface area (Å²) in [5, 5.41) is 3.21. The topological polar surface area (TPSA) is 81.3 Å². The molecule has 0 aromatic heterocycles. The lowest BCUT2D eigenvalue weighted by Crippen LogP contribution is -2.42. The minimum Gasteiger partial charge on any atom is -0.493 e. The molecule has 1 aromatic carbocycles. The van der Waals surface area contributed by atoms with Crippen molar-refractivity contribution in [2.45, 2.75) is 13.5 Å². The van der Waals surface area contributed by atoms with Crippen LogP contribution in [-0.4, -0.2) is 64.5 Å². The molecule has 1 unspecified atom stereocenters. The molecule has 7 heteroatoms. The Labute approximate surface area is 150 Å². The van der Waals surface area contributed by atoms with Gasteiger partial charge in [-0.3, -0.25) is 4.90 Å². The monoisotopic (exact) mass is 350 g/mol. The molecule has 1 saturated heterocycles. The van der Waals surface area contributed by atoms with Crippen LogP contribution >= 0.6 is 0 Å². The fourth-order valence-corrected chi connectivity index (χ4v) is 2.78. The van der Waals surface area contributed by atoms with E-state index in [9.17, 15) is 0 Å². The van der Waals surface area contributed by atoms with Crippen molar-refractivity contribution in [3.05, 3.63) is 23.8 Å². The number of nitrogens with zero attached hydrogens (tertiary/aromatic N) is 2. The molecule has 0 aliphatic carbocycles. The molecule has 0 bridgehead atoms. The Morgan fingerprint density at radius 2 is 2.00 bits per heavy atom. The van der Waals surface area contributed by atoms with Crippen LogP contribution in [0.1, 0.15) is 12.5 Å². The lowest BCUT2D eigenvalue weighted by atomic mass is 10.1. The van der Waals surface area contributed by atoms with Gasteiger partial charge in [0.2, 0.25) is 0 Å². The summed E-state index contributed by atoms with van der Waals surface area (Å²) >= 11 is 0. The molecule has 1 aromatic rings. The van der Waals surface area contributed by atoms with E-state index in [0.717, 1.165) is 45.0 Å². The zero-order valence-corrected chi connectivity index (χ0v) is 15.5. The first kappa shape index (κ1) is 19.3. The number of aliphatic imine (C=N–C) groups is 1. The van der Waals surface area contributed by atoms with E-state index in [1.165, 1.54) is 0 Å². The second-order valence-corrected chi connectivity index (χ2v) is 6.29. The van der Waals surface area contributed by atoms with Gasteiger partial charge in [-0.25, -0.2) is 4.99 Å². The average Bonchev–Trinajstić information content (AvgIpc) is 2.65. The third kappa shape index (κ3) is 6.43. The molecule has 1 atom stereocenters. The molecule has 1 aliphatic rings. The fourth-order valence-electron chi connectivity index (χ4n) is 2.78. The van der Waals surface area contributed by atoms with Crippen LogP contribution in [0.3, 0.4) is 0 Å². The molecule has 140 valence electrons. The predicted molar refractivity (Wildman–Crippen MR) is 99.3 cm³/mol. The first-order valence-electron chi connectivity index (χ1n) is 8.67. The Balaban J connectivity index is 1.77. The lowest BCUT2D eigenvalue weighted by Gasteiger charge is -2.29. The van der Waals surface area contributed by atoms with Gasteiger partial charge in [0.05, 0.1) is 34.0 Å². The van der Waals surface area contributed by atoms with Crippen molar-refractivity contribution in [1.82, 2.24) is 10.2 Å². The number of rotatable bonds is 8. The largest absolute Gasteiger partial charge is 0.493 e. The van der Waals surface area contributed by atoms with E-state index >= 15 is 0 Å². The second kappa shape index (κ2) is 10.1. The molecule has 0 amide bonds. The first-order chi connectivity index (χ1) is 12.1. The van der Waals surface area contributed by atoms with Gasteiger partial charge in [-0.2, -0.15) is 0 Å². The van der Waals surface area contributed by atoms with E-state index in [2.05, 4.69) is 22.1 Å². The van der Waals surface area contributed by atoms with Crippen molar-refractivity contribution >= 4 is 5.96 Å². The zero-order valence-electron chi connectivity index (χ0n) is 15.5. The number of hydrogen-bond donors (Lipinski definition) is 2. The van der Waals surface area contributed by atoms with Crippen molar-refractivity contribution in [1.29, 1.82) is 0 Å². The Morgan fingerprint density at radius 3 is 2.68 bits per heavy atom. The van der Waals surface area contributed by atoms with E-state index in [0.29, 0.717) is 29.9 Å². The molecule has 0 spiro atoms. The van der Waals surface area contributed by atoms with E-state index in [4.69, 9.17) is 19.9 Å². The number of nitrogens with two attached hydrogens (primary N) is 1. The van der Waals surface area contributed by atoms with Crippen molar-refractivity contribution in [2.24, 2.45) is 16.6 Å². The summed E-state index contributed by atoms with van der Waals surface area (Å²) in [6.07, 6.45) is 0. The Kier molecular flexibility index (Phi) is 7.81. The minimum atomic E-state index is 0.462. The number of ether oxygens (including phenoxy) is 3. The highest BCUT2D eigenvalue weighted by atomic mass is 16.5. The number of nitrogens with one attached hydrogen (secondary N) is 1. The van der Waals surface area contributed by atoms with E-state index in [1.54, 1.807) is 14.2 Å². The van der Waals surface area contributed by atoms with E-state index in [-0.39, 0.29) is 0 Å². The summed E-state index contributed by atoms with van der Waals surface area (Å²) in [5.74, 6) is 2.36. The molecule has 1 aliphatic heterocycles. The second-order valence-electron chi connectivity index (χ2n) is 6.29. The van der Waals surface area contributed by atoms with Crippen LogP contribution < -0.4 is 20.5 Å². The Morgan fingerprint density at radius 1 is 1.28 bits per heavy atom. The van der Waals surface area contributed by atoms with Crippen LogP contribution in [0, 0.1) is 5.92 Å². The van der Waals surface area contributed by atoms with Gasteiger partial charge < -0.3 is 25.3 Å². The molecule has 0 saturated carbocycles. The first-order valence-corrected chi connectivity index (χ1v) is 8.67. The lowest BCUT2D eigenvalue weighted by molar-refractivity contribution is 0.0320. The summed E-state index contributed by atoms with van der Waals surface area (Å²) in [6.45, 7) is 8.23. The molecule has 3 N–H and O–H groups in total. The highest BCUT2D eigenvalue weighted by Crippen LogP contribution is 2.27. The standard InChI is InChI=1S/C18H30N4O3/c1-14(13-22-6-8-25-9-7-22)11-20-18(19)21-12-15-4-5-16(23-2)17(10-15)24-3/h4-5,10,14H,6-9,11-13H2,1-3H3,(H3,19,20,21). The van der Waals surface area contributed by atoms with E-state index in [1.807, 2.05) is 18.2 Å². The summed E-state index contributed by atoms with van der Waals surface area (Å²) in [7, 11) is 3.24. The fraction of sp³-hybridized carbons (Fsp3) is 0.611. The van der Waals surface area contributed by atoms with Crippen LogP contribution in [0.5, 0.6) is 11.5 Å². The summed E-state index contributed by atoms with van der Waals surface area (Å²) in [5.41, 5.74) is 7.00. The predicted octanol–water partition coefficient (Wildman–Crippen LogP) is 1.08. The van der Waals surface area contributed by atoms with Crippen LogP contribution in [0.15, 0.2) is 23.2 Å². The third-order valence-corrected chi connectivity index (χ3v) is 4.19. The Bertz CT molecular complexity index is 559. The maximum Gasteiger partial charge on any atom is 0.188 e. The number of guanidine groups is 1. The van der Waals surface area contributed by atoms with Crippen molar-refractivity contribution in [3.8, 4) is 11.5 Å². The molecule has 25 heavy (non-hydrogen) atoms. The highest BCUT2D eigenvalue weighted by Gasteiger charge is 2.13. The van der Waals surface area contributed by atoms with Gasteiger partial charge >= 0.3 is 0 Å². The van der Waals surface area contributed by atoms with Crippen LogP contribution in [-0.2, 0) is 11.3 Å². The number of benzene rings is 1. The molecular formula is C18H30N4O3. The molecule has 1 heterocycles. The maximum atomic E-state index is 5.98. The number of morpholine rings is 1. The molecular weight excluding hydrogens is 320 g/mol. The molecule has 1 fully saturated rings. The normalized spacial score (nSPS) is 17.2. The SMILES string of the molecule is COc1ccc(CN=C(N)NCC(C)CN2CCOCC2)cc1OC. The van der Waals surface area contributed by atoms with Gasteiger partial charge in [0.25, 0.3) is 0 Å². The molecule has 0 radical (unpaired) electrons. The van der Waals surface area contributed by atoms with Gasteiger partial charge in [-0.1, -0.05) is 13.0 Å². The van der Waals surface area contributed by atoms with Gasteiger partial charge in [0, 0.05) is 26.2 Å². The average molecular weight is 350 g/mol. The highest BCUT2D eigenvalue weighted by molar-refractivity contribution is 5.77. The van der Waals surface area contributed by atoms with Gasteiger partial charge in [0.1, 0.15) is 0 Å². The zero-order chi connectivity index (χ0) is 18.1. The van der Waals surface area contributed by atoms with Gasteiger partial charge in [-0.05, 0) is 23.6 Å². The molecule has 7 nitrogen and oxygen atoms in total. The summed E-state index contributed by atoms with van der Waals surface area (Å²) in [6, 6.07) is 5.74. The summed E-state index contributed by atoms with van der Waals surface area (Å²) in [4.78, 5) is 6.82. The van der Waals surface area contributed by atoms with Crippen LogP contribution in [0.2, 0.25) is 0 Å². The quantitative estimate of drug-likeness (QED) is 0.539. The number of hydrogen-bond acceptors (Lipinski definition) is 5.